The highest BCUT2D eigenvalue weighted by molar-refractivity contribution is 5.90. The summed E-state index contributed by atoms with van der Waals surface area (Å²) >= 11 is 0. The van der Waals surface area contributed by atoms with Gasteiger partial charge in [0.1, 0.15) is 11.5 Å². The van der Waals surface area contributed by atoms with Gasteiger partial charge in [-0.3, -0.25) is 0 Å². The third-order valence-corrected chi connectivity index (χ3v) is 11.0. The van der Waals surface area contributed by atoms with Crippen molar-refractivity contribution in [2.75, 3.05) is 0 Å². The van der Waals surface area contributed by atoms with Crippen molar-refractivity contribution < 1.29 is 4.74 Å². The van der Waals surface area contributed by atoms with Gasteiger partial charge >= 0.3 is 0 Å². The van der Waals surface area contributed by atoms with Gasteiger partial charge in [-0.2, -0.15) is 0 Å². The molecule has 2 aliphatic rings. The normalized spacial score (nSPS) is 13.1. The molecular weight excluding hydrogens is 659 g/mol. The van der Waals surface area contributed by atoms with Crippen molar-refractivity contribution in [3.8, 4) is 67.9 Å². The fourth-order valence-corrected chi connectivity index (χ4v) is 8.53. The van der Waals surface area contributed by atoms with Crippen molar-refractivity contribution in [1.82, 2.24) is 15.0 Å². The van der Waals surface area contributed by atoms with E-state index in [9.17, 15) is 0 Å². The summed E-state index contributed by atoms with van der Waals surface area (Å²) in [6, 6.07) is 66.1. The molecular formula is C50H31N3O. The quantitative estimate of drug-likeness (QED) is 0.185. The Balaban J connectivity index is 1.09. The van der Waals surface area contributed by atoms with Gasteiger partial charge < -0.3 is 4.74 Å². The summed E-state index contributed by atoms with van der Waals surface area (Å²) in [6.07, 6.45) is 0. The van der Waals surface area contributed by atoms with E-state index in [1.54, 1.807) is 0 Å². The van der Waals surface area contributed by atoms with Crippen molar-refractivity contribution in [3.05, 3.63) is 210 Å². The van der Waals surface area contributed by atoms with Crippen LogP contribution in [0.5, 0.6) is 11.5 Å². The highest BCUT2D eigenvalue weighted by Crippen LogP contribution is 2.62. The maximum atomic E-state index is 6.69. The molecule has 0 bridgehead atoms. The van der Waals surface area contributed by atoms with Crippen LogP contribution in [0.4, 0.5) is 0 Å². The predicted molar refractivity (Wildman–Crippen MR) is 216 cm³/mol. The van der Waals surface area contributed by atoms with Crippen LogP contribution < -0.4 is 4.74 Å². The molecule has 1 aliphatic carbocycles. The molecule has 0 unspecified atom stereocenters. The molecule has 2 heterocycles. The molecule has 0 saturated heterocycles. The summed E-state index contributed by atoms with van der Waals surface area (Å²) in [5.41, 5.74) is 11.6. The summed E-state index contributed by atoms with van der Waals surface area (Å²) in [4.78, 5) is 15.3. The number of para-hydroxylation sites is 1. The molecule has 4 nitrogen and oxygen atoms in total. The predicted octanol–water partition coefficient (Wildman–Crippen LogP) is 12.2. The van der Waals surface area contributed by atoms with Crippen molar-refractivity contribution in [3.63, 3.8) is 0 Å². The molecule has 11 rings (SSSR count). The average Bonchev–Trinajstić information content (AvgIpc) is 3.54. The minimum absolute atomic E-state index is 0.579. The molecule has 252 valence electrons. The van der Waals surface area contributed by atoms with Crippen LogP contribution in [0, 0.1) is 0 Å². The zero-order chi connectivity index (χ0) is 35.6. The van der Waals surface area contributed by atoms with Crippen molar-refractivity contribution in [2.45, 2.75) is 5.41 Å². The number of aromatic nitrogens is 3. The number of fused-ring (bicyclic) bond motifs is 10. The first-order valence-electron chi connectivity index (χ1n) is 18.3. The Bertz CT molecular complexity index is 2870. The Morgan fingerprint density at radius 2 is 0.815 bits per heavy atom. The lowest BCUT2D eigenvalue weighted by atomic mass is 9.66. The molecule has 8 aromatic carbocycles. The van der Waals surface area contributed by atoms with Gasteiger partial charge in [-0.25, -0.2) is 15.0 Å². The van der Waals surface area contributed by atoms with Gasteiger partial charge in [0.2, 0.25) is 0 Å². The van der Waals surface area contributed by atoms with Crippen LogP contribution >= 0.6 is 0 Å². The number of hydrogen-bond donors (Lipinski definition) is 0. The summed E-state index contributed by atoms with van der Waals surface area (Å²) in [7, 11) is 0. The van der Waals surface area contributed by atoms with E-state index in [-0.39, 0.29) is 0 Å². The van der Waals surface area contributed by atoms with Crippen LogP contribution in [0.1, 0.15) is 22.3 Å². The molecule has 1 spiro atoms. The number of benzene rings is 8. The summed E-state index contributed by atoms with van der Waals surface area (Å²) in [6.45, 7) is 0. The molecule has 0 saturated carbocycles. The summed E-state index contributed by atoms with van der Waals surface area (Å²) < 4.78 is 6.69. The fraction of sp³-hybridized carbons (Fsp3) is 0.0200. The number of ether oxygens (including phenoxy) is 1. The Morgan fingerprint density at radius 3 is 1.54 bits per heavy atom. The third kappa shape index (κ3) is 4.60. The smallest absolute Gasteiger partial charge is 0.164 e. The Hall–Kier alpha value is -7.17. The van der Waals surface area contributed by atoms with E-state index in [1.807, 2.05) is 36.4 Å². The number of hydrogen-bond acceptors (Lipinski definition) is 4. The van der Waals surface area contributed by atoms with Gasteiger partial charge in [0, 0.05) is 27.8 Å². The zero-order valence-electron chi connectivity index (χ0n) is 29.1. The van der Waals surface area contributed by atoms with Crippen molar-refractivity contribution in [1.29, 1.82) is 0 Å². The first kappa shape index (κ1) is 30.5. The highest BCUT2D eigenvalue weighted by atomic mass is 16.5. The fourth-order valence-electron chi connectivity index (χ4n) is 8.53. The topological polar surface area (TPSA) is 47.9 Å². The Kier molecular flexibility index (Phi) is 6.73. The molecule has 4 heteroatoms. The molecule has 0 atom stereocenters. The van der Waals surface area contributed by atoms with Crippen molar-refractivity contribution in [2.24, 2.45) is 0 Å². The lowest BCUT2D eigenvalue weighted by Crippen LogP contribution is -2.32. The van der Waals surface area contributed by atoms with E-state index in [4.69, 9.17) is 19.7 Å². The largest absolute Gasteiger partial charge is 0.457 e. The van der Waals surface area contributed by atoms with Crippen molar-refractivity contribution >= 4 is 10.8 Å². The summed E-state index contributed by atoms with van der Waals surface area (Å²) in [5, 5.41) is 2.45. The lowest BCUT2D eigenvalue weighted by molar-refractivity contribution is 0.436. The van der Waals surface area contributed by atoms with Gasteiger partial charge in [-0.05, 0) is 74.5 Å². The van der Waals surface area contributed by atoms with E-state index in [0.29, 0.717) is 17.5 Å². The van der Waals surface area contributed by atoms with E-state index in [0.717, 1.165) is 44.9 Å². The van der Waals surface area contributed by atoms with Gasteiger partial charge in [-0.15, -0.1) is 0 Å². The van der Waals surface area contributed by atoms with E-state index >= 15 is 0 Å². The molecule has 1 aliphatic heterocycles. The summed E-state index contributed by atoms with van der Waals surface area (Å²) in [5.74, 6) is 3.54. The Morgan fingerprint density at radius 1 is 0.315 bits per heavy atom. The number of nitrogens with zero attached hydrogens (tertiary/aromatic N) is 3. The number of rotatable bonds is 4. The van der Waals surface area contributed by atoms with Crippen LogP contribution in [0.25, 0.3) is 67.2 Å². The van der Waals surface area contributed by atoms with Gasteiger partial charge in [0.15, 0.2) is 17.5 Å². The van der Waals surface area contributed by atoms with Gasteiger partial charge in [0.05, 0.1) is 5.41 Å². The maximum absolute atomic E-state index is 6.69. The molecule has 0 radical (unpaired) electrons. The van der Waals surface area contributed by atoms with E-state index < -0.39 is 5.41 Å². The second-order valence-electron chi connectivity index (χ2n) is 14.0. The second kappa shape index (κ2) is 11.9. The standard InChI is InChI=1S/C50H31N3O/c1-2-13-34(14-3-1)47-51-48(35-25-22-33(23-26-35)37-27-24-32-12-4-5-15-36(32)30-37)53-49(52-47)38-28-29-46-44(31-38)50(43-20-10-11-21-45(43)54-46)41-18-8-6-16-39(41)40-17-7-9-19-42(40)50/h1-31H. The van der Waals surface area contributed by atoms with E-state index in [2.05, 4.69) is 152 Å². The molecule has 54 heavy (non-hydrogen) atoms. The molecule has 0 amide bonds. The molecule has 1 aromatic heterocycles. The zero-order valence-corrected chi connectivity index (χ0v) is 29.1. The van der Waals surface area contributed by atoms with Crippen LogP contribution in [-0.2, 0) is 5.41 Å². The minimum atomic E-state index is -0.579. The van der Waals surface area contributed by atoms with Crippen LogP contribution in [0.2, 0.25) is 0 Å². The van der Waals surface area contributed by atoms with Gasteiger partial charge in [-0.1, -0.05) is 158 Å². The molecule has 0 fully saturated rings. The maximum Gasteiger partial charge on any atom is 0.164 e. The van der Waals surface area contributed by atoms with Crippen LogP contribution in [-0.4, -0.2) is 15.0 Å². The van der Waals surface area contributed by atoms with Gasteiger partial charge in [0.25, 0.3) is 0 Å². The molecule has 0 N–H and O–H groups in total. The third-order valence-electron chi connectivity index (χ3n) is 11.0. The van der Waals surface area contributed by atoms with Crippen LogP contribution in [0.3, 0.4) is 0 Å². The average molecular weight is 690 g/mol. The molecule has 9 aromatic rings. The first-order chi connectivity index (χ1) is 26.7. The van der Waals surface area contributed by atoms with E-state index in [1.165, 1.54) is 38.6 Å². The monoisotopic (exact) mass is 689 g/mol. The lowest BCUT2D eigenvalue weighted by Gasteiger charge is -2.39. The SMILES string of the molecule is c1ccc(-c2nc(-c3ccc(-c4ccc5ccccc5c4)cc3)nc(-c3ccc4c(c3)C3(c5ccccc5O4)c4ccccc4-c4ccccc43)n2)cc1. The van der Waals surface area contributed by atoms with Crippen LogP contribution in [0.15, 0.2) is 188 Å². The highest BCUT2D eigenvalue weighted by Gasteiger charge is 2.51. The first-order valence-corrected chi connectivity index (χ1v) is 18.3. The Labute approximate surface area is 313 Å². The minimum Gasteiger partial charge on any atom is -0.457 e. The second-order valence-corrected chi connectivity index (χ2v) is 14.0.